The number of aryl methyl sites for hydroxylation is 1. The number of fused-ring (bicyclic) bond motifs is 1. The van der Waals surface area contributed by atoms with Gasteiger partial charge in [0.1, 0.15) is 13.2 Å². The van der Waals surface area contributed by atoms with Gasteiger partial charge >= 0.3 is 4.87 Å². The SMILES string of the molecule is Cc1csc(=O)n1CCN1CCC[C@H]1c1ccc2c(c1)OCCO2. The smallest absolute Gasteiger partial charge is 0.307 e. The van der Waals surface area contributed by atoms with Crippen LogP contribution < -0.4 is 14.3 Å². The van der Waals surface area contributed by atoms with Gasteiger partial charge in [-0.3, -0.25) is 9.69 Å². The third-order valence-corrected chi connectivity index (χ3v) is 5.78. The van der Waals surface area contributed by atoms with E-state index in [1.54, 1.807) is 0 Å². The minimum Gasteiger partial charge on any atom is -0.486 e. The molecule has 0 saturated carbocycles. The van der Waals surface area contributed by atoms with Crippen LogP contribution >= 0.6 is 11.3 Å². The molecule has 0 N–H and O–H groups in total. The van der Waals surface area contributed by atoms with E-state index in [2.05, 4.69) is 17.0 Å². The normalized spacial score (nSPS) is 20.5. The van der Waals surface area contributed by atoms with Gasteiger partial charge in [0.05, 0.1) is 0 Å². The summed E-state index contributed by atoms with van der Waals surface area (Å²) >= 11 is 1.28. The van der Waals surface area contributed by atoms with Crippen LogP contribution in [-0.2, 0) is 6.54 Å². The maximum absolute atomic E-state index is 11.9. The third-order valence-electron chi connectivity index (χ3n) is 4.90. The van der Waals surface area contributed by atoms with Crippen LogP contribution in [-0.4, -0.2) is 35.8 Å². The molecule has 1 aromatic carbocycles. The highest BCUT2D eigenvalue weighted by Crippen LogP contribution is 2.37. The average molecular weight is 346 g/mol. The lowest BCUT2D eigenvalue weighted by Gasteiger charge is -2.26. The number of likely N-dealkylation sites (tertiary alicyclic amines) is 1. The van der Waals surface area contributed by atoms with E-state index in [0.29, 0.717) is 19.3 Å². The van der Waals surface area contributed by atoms with E-state index in [0.717, 1.165) is 43.2 Å². The summed E-state index contributed by atoms with van der Waals surface area (Å²) in [6.45, 7) is 5.98. The maximum atomic E-state index is 11.9. The molecule has 0 spiro atoms. The summed E-state index contributed by atoms with van der Waals surface area (Å²) in [6, 6.07) is 6.70. The molecule has 1 fully saturated rings. The van der Waals surface area contributed by atoms with Crippen molar-refractivity contribution >= 4 is 11.3 Å². The fraction of sp³-hybridized carbons (Fsp3) is 0.500. The van der Waals surface area contributed by atoms with Gasteiger partial charge in [-0.2, -0.15) is 0 Å². The summed E-state index contributed by atoms with van der Waals surface area (Å²) in [4.78, 5) is 14.5. The molecule has 0 radical (unpaired) electrons. The summed E-state index contributed by atoms with van der Waals surface area (Å²) in [6.07, 6.45) is 2.34. The second kappa shape index (κ2) is 6.61. The molecule has 2 aliphatic rings. The van der Waals surface area contributed by atoms with Crippen LogP contribution in [0.1, 0.15) is 30.1 Å². The molecule has 24 heavy (non-hydrogen) atoms. The second-order valence-corrected chi connectivity index (χ2v) is 7.21. The minimum absolute atomic E-state index is 0.141. The maximum Gasteiger partial charge on any atom is 0.307 e. The minimum atomic E-state index is 0.141. The standard InChI is InChI=1S/C18H22N2O3S/c1-13-12-24-18(21)20(13)8-7-19-6-2-3-15(19)14-4-5-16-17(11-14)23-10-9-22-16/h4-5,11-12,15H,2-3,6-10H2,1H3/t15-/m0/s1. The van der Waals surface area contributed by atoms with Gasteiger partial charge < -0.3 is 14.0 Å². The molecule has 6 heteroatoms. The number of hydrogen-bond donors (Lipinski definition) is 0. The lowest BCUT2D eigenvalue weighted by Crippen LogP contribution is -2.30. The first-order valence-corrected chi connectivity index (χ1v) is 9.39. The number of ether oxygens (including phenoxy) is 2. The number of thiazole rings is 1. The first kappa shape index (κ1) is 15.7. The van der Waals surface area contributed by atoms with Gasteiger partial charge in [0.15, 0.2) is 11.5 Å². The van der Waals surface area contributed by atoms with Crippen LogP contribution in [0.15, 0.2) is 28.4 Å². The van der Waals surface area contributed by atoms with Crippen LogP contribution in [0.25, 0.3) is 0 Å². The highest BCUT2D eigenvalue weighted by molar-refractivity contribution is 7.07. The molecule has 2 aromatic rings. The first-order valence-electron chi connectivity index (χ1n) is 8.51. The Bertz CT molecular complexity index is 783. The molecule has 1 aromatic heterocycles. The summed E-state index contributed by atoms with van der Waals surface area (Å²) in [5, 5.41) is 1.94. The molecule has 1 atom stereocenters. The zero-order valence-electron chi connectivity index (χ0n) is 13.9. The van der Waals surface area contributed by atoms with E-state index < -0.39 is 0 Å². The van der Waals surface area contributed by atoms with Crippen molar-refractivity contribution in [1.82, 2.24) is 9.47 Å². The van der Waals surface area contributed by atoms with Crippen LogP contribution in [0.5, 0.6) is 11.5 Å². The molecular formula is C18H22N2O3S. The summed E-state index contributed by atoms with van der Waals surface area (Å²) in [7, 11) is 0. The Labute approximate surface area is 145 Å². The van der Waals surface area contributed by atoms with Gasteiger partial charge in [-0.1, -0.05) is 17.4 Å². The molecule has 0 amide bonds. The van der Waals surface area contributed by atoms with E-state index >= 15 is 0 Å². The van der Waals surface area contributed by atoms with Crippen molar-refractivity contribution in [2.45, 2.75) is 32.4 Å². The van der Waals surface area contributed by atoms with Crippen molar-refractivity contribution in [2.75, 3.05) is 26.3 Å². The Morgan fingerprint density at radius 2 is 2.04 bits per heavy atom. The van der Waals surface area contributed by atoms with Crippen molar-refractivity contribution in [3.63, 3.8) is 0 Å². The van der Waals surface area contributed by atoms with Crippen LogP contribution in [0.2, 0.25) is 0 Å². The Morgan fingerprint density at radius 1 is 1.21 bits per heavy atom. The van der Waals surface area contributed by atoms with Crippen molar-refractivity contribution in [3.8, 4) is 11.5 Å². The van der Waals surface area contributed by atoms with Crippen molar-refractivity contribution in [1.29, 1.82) is 0 Å². The van der Waals surface area contributed by atoms with Gasteiger partial charge in [-0.05, 0) is 44.0 Å². The largest absolute Gasteiger partial charge is 0.486 e. The third kappa shape index (κ3) is 2.96. The highest BCUT2D eigenvalue weighted by atomic mass is 32.1. The zero-order chi connectivity index (χ0) is 16.5. The fourth-order valence-electron chi connectivity index (χ4n) is 3.64. The highest BCUT2D eigenvalue weighted by Gasteiger charge is 2.27. The first-order chi connectivity index (χ1) is 11.7. The molecule has 128 valence electrons. The fourth-order valence-corrected chi connectivity index (χ4v) is 4.40. The Morgan fingerprint density at radius 3 is 2.83 bits per heavy atom. The van der Waals surface area contributed by atoms with Gasteiger partial charge in [-0.15, -0.1) is 0 Å². The zero-order valence-corrected chi connectivity index (χ0v) is 14.7. The predicted octanol–water partition coefficient (Wildman–Crippen LogP) is 2.83. The topological polar surface area (TPSA) is 43.7 Å². The second-order valence-electron chi connectivity index (χ2n) is 6.39. The molecule has 5 nitrogen and oxygen atoms in total. The molecule has 4 rings (SSSR count). The van der Waals surface area contributed by atoms with Crippen molar-refractivity contribution in [3.05, 3.63) is 44.5 Å². The Balaban J connectivity index is 1.49. The Hall–Kier alpha value is -1.79. The number of nitrogens with zero attached hydrogens (tertiary/aromatic N) is 2. The molecule has 0 unspecified atom stereocenters. The summed E-state index contributed by atoms with van der Waals surface area (Å²) < 4.78 is 13.2. The van der Waals surface area contributed by atoms with Gasteiger partial charge in [-0.25, -0.2) is 0 Å². The molecule has 1 saturated heterocycles. The average Bonchev–Trinajstić information content (AvgIpc) is 3.20. The van der Waals surface area contributed by atoms with Gasteiger partial charge in [0.25, 0.3) is 0 Å². The Kier molecular flexibility index (Phi) is 4.33. The van der Waals surface area contributed by atoms with Crippen LogP contribution in [0.3, 0.4) is 0 Å². The van der Waals surface area contributed by atoms with Crippen LogP contribution in [0, 0.1) is 6.92 Å². The number of rotatable bonds is 4. The molecule has 3 heterocycles. The quantitative estimate of drug-likeness (QED) is 0.854. The molecular weight excluding hydrogens is 324 g/mol. The van der Waals surface area contributed by atoms with Gasteiger partial charge in [0.2, 0.25) is 0 Å². The molecule has 2 aliphatic heterocycles. The summed E-state index contributed by atoms with van der Waals surface area (Å²) in [5.41, 5.74) is 2.34. The van der Waals surface area contributed by atoms with E-state index in [1.807, 2.05) is 22.9 Å². The van der Waals surface area contributed by atoms with E-state index in [1.165, 1.54) is 23.3 Å². The molecule has 0 aliphatic carbocycles. The van der Waals surface area contributed by atoms with E-state index in [-0.39, 0.29) is 4.87 Å². The monoisotopic (exact) mass is 346 g/mol. The molecule has 0 bridgehead atoms. The number of aromatic nitrogens is 1. The van der Waals surface area contributed by atoms with Crippen LogP contribution in [0.4, 0.5) is 0 Å². The van der Waals surface area contributed by atoms with Crippen molar-refractivity contribution in [2.24, 2.45) is 0 Å². The number of hydrogen-bond acceptors (Lipinski definition) is 5. The number of benzene rings is 1. The van der Waals surface area contributed by atoms with E-state index in [4.69, 9.17) is 9.47 Å². The van der Waals surface area contributed by atoms with Gasteiger partial charge in [0, 0.05) is 30.2 Å². The van der Waals surface area contributed by atoms with Crippen molar-refractivity contribution < 1.29 is 9.47 Å². The van der Waals surface area contributed by atoms with E-state index in [9.17, 15) is 4.79 Å². The lowest BCUT2D eigenvalue weighted by molar-refractivity contribution is 0.170. The predicted molar refractivity (Wildman–Crippen MR) is 94.3 cm³/mol. The summed E-state index contributed by atoms with van der Waals surface area (Å²) in [5.74, 6) is 1.70. The lowest BCUT2D eigenvalue weighted by atomic mass is 10.0.